The van der Waals surface area contributed by atoms with Crippen molar-refractivity contribution in [1.82, 2.24) is 9.62 Å². The molecule has 0 unspecified atom stereocenters. The molecule has 9 heteroatoms. The van der Waals surface area contributed by atoms with Gasteiger partial charge in [0.15, 0.2) is 5.11 Å². The molecule has 0 aromatic heterocycles. The highest BCUT2D eigenvalue weighted by molar-refractivity contribution is 7.89. The number of benzene rings is 1. The largest absolute Gasteiger partial charge is 0.379 e. The van der Waals surface area contributed by atoms with Crippen LogP contribution in [0.3, 0.4) is 0 Å². The summed E-state index contributed by atoms with van der Waals surface area (Å²) in [4.78, 5) is 12.5. The Hall–Kier alpha value is -1.55. The number of thiocarbonyl (C=S) groups is 1. The lowest BCUT2D eigenvalue weighted by atomic mass is 9.89. The lowest BCUT2D eigenvalue weighted by Gasteiger charge is -2.26. The van der Waals surface area contributed by atoms with Gasteiger partial charge in [-0.15, -0.1) is 0 Å². The highest BCUT2D eigenvalue weighted by Crippen LogP contribution is 2.24. The standard InChI is InChI=1S/C18H25N3O4S2/c22-17(14-5-2-1-3-6-14)20-18(26)19-15-7-4-8-16(13-15)27(23,24)21-9-11-25-12-10-21/h4,7-8,13-14H,1-3,5-6,9-12H2,(H2,19,20,22,26). The van der Waals surface area contributed by atoms with Crippen LogP contribution in [0.1, 0.15) is 32.1 Å². The number of ether oxygens (including phenoxy) is 1. The summed E-state index contributed by atoms with van der Waals surface area (Å²) >= 11 is 5.22. The third kappa shape index (κ3) is 5.25. The van der Waals surface area contributed by atoms with Crippen LogP contribution in [-0.2, 0) is 19.6 Å². The van der Waals surface area contributed by atoms with Crippen LogP contribution in [0.25, 0.3) is 0 Å². The average Bonchev–Trinajstić information content (AvgIpc) is 2.69. The van der Waals surface area contributed by atoms with E-state index in [-0.39, 0.29) is 21.8 Å². The van der Waals surface area contributed by atoms with E-state index in [4.69, 9.17) is 17.0 Å². The van der Waals surface area contributed by atoms with Gasteiger partial charge in [-0.3, -0.25) is 4.79 Å². The maximum atomic E-state index is 12.7. The summed E-state index contributed by atoms with van der Waals surface area (Å²) in [5, 5.41) is 5.83. The van der Waals surface area contributed by atoms with Gasteiger partial charge in [-0.1, -0.05) is 25.3 Å². The molecule has 1 aliphatic heterocycles. The smallest absolute Gasteiger partial charge is 0.243 e. The van der Waals surface area contributed by atoms with E-state index in [0.29, 0.717) is 32.0 Å². The van der Waals surface area contributed by atoms with Gasteiger partial charge in [0, 0.05) is 24.7 Å². The van der Waals surface area contributed by atoms with Crippen LogP contribution in [0.4, 0.5) is 5.69 Å². The molecule has 1 aromatic rings. The van der Waals surface area contributed by atoms with Crippen molar-refractivity contribution < 1.29 is 17.9 Å². The maximum Gasteiger partial charge on any atom is 0.243 e. The van der Waals surface area contributed by atoms with Crippen molar-refractivity contribution in [2.45, 2.75) is 37.0 Å². The van der Waals surface area contributed by atoms with Gasteiger partial charge >= 0.3 is 0 Å². The fourth-order valence-corrected chi connectivity index (χ4v) is 5.08. The molecular weight excluding hydrogens is 386 g/mol. The van der Waals surface area contributed by atoms with Crippen LogP contribution < -0.4 is 10.6 Å². The number of amides is 1. The van der Waals surface area contributed by atoms with Crippen molar-refractivity contribution in [3.63, 3.8) is 0 Å². The van der Waals surface area contributed by atoms with Crippen LogP contribution in [0.5, 0.6) is 0 Å². The molecule has 1 aliphatic carbocycles. The normalized spacial score (nSPS) is 19.4. The second-order valence-electron chi connectivity index (χ2n) is 6.82. The minimum atomic E-state index is -3.58. The van der Waals surface area contributed by atoms with Crippen molar-refractivity contribution in [3.8, 4) is 0 Å². The molecule has 0 radical (unpaired) electrons. The van der Waals surface area contributed by atoms with Gasteiger partial charge in [-0.25, -0.2) is 8.42 Å². The number of hydrogen-bond donors (Lipinski definition) is 2. The lowest BCUT2D eigenvalue weighted by Crippen LogP contribution is -2.40. The number of nitrogens with zero attached hydrogens (tertiary/aromatic N) is 1. The SMILES string of the molecule is O=C(NC(=S)Nc1cccc(S(=O)(=O)N2CCOCC2)c1)C1CCCCC1. The molecule has 2 aliphatic rings. The average molecular weight is 412 g/mol. The van der Waals surface area contributed by atoms with Gasteiger partial charge in [0.25, 0.3) is 0 Å². The van der Waals surface area contributed by atoms with E-state index in [1.807, 2.05) is 0 Å². The molecule has 0 spiro atoms. The molecule has 3 rings (SSSR count). The van der Waals surface area contributed by atoms with Crippen LogP contribution in [0.15, 0.2) is 29.2 Å². The number of morpholine rings is 1. The maximum absolute atomic E-state index is 12.7. The van der Waals surface area contributed by atoms with E-state index in [9.17, 15) is 13.2 Å². The second kappa shape index (κ2) is 9.09. The van der Waals surface area contributed by atoms with Crippen molar-refractivity contribution in [3.05, 3.63) is 24.3 Å². The van der Waals surface area contributed by atoms with Crippen LogP contribution in [0, 0.1) is 5.92 Å². The van der Waals surface area contributed by atoms with E-state index < -0.39 is 10.0 Å². The van der Waals surface area contributed by atoms with Crippen LogP contribution in [-0.4, -0.2) is 50.0 Å². The number of carbonyl (C=O) groups excluding carboxylic acids is 1. The molecule has 0 bridgehead atoms. The molecule has 1 amide bonds. The first-order valence-corrected chi connectivity index (χ1v) is 11.1. The Balaban J connectivity index is 1.63. The first kappa shape index (κ1) is 20.2. The molecule has 1 aromatic carbocycles. The predicted molar refractivity (Wildman–Crippen MR) is 107 cm³/mol. The molecular formula is C18H25N3O4S2. The number of rotatable bonds is 4. The van der Waals surface area contributed by atoms with Crippen molar-refractivity contribution >= 4 is 38.9 Å². The number of hydrogen-bond acceptors (Lipinski definition) is 5. The first-order valence-electron chi connectivity index (χ1n) is 9.26. The summed E-state index contributed by atoms with van der Waals surface area (Å²) in [7, 11) is -3.58. The minimum absolute atomic E-state index is 0.00605. The molecule has 2 N–H and O–H groups in total. The van der Waals surface area contributed by atoms with E-state index in [2.05, 4.69) is 10.6 Å². The van der Waals surface area contributed by atoms with E-state index >= 15 is 0 Å². The van der Waals surface area contributed by atoms with Crippen LogP contribution >= 0.6 is 12.2 Å². The molecule has 27 heavy (non-hydrogen) atoms. The Morgan fingerprint density at radius 1 is 1.15 bits per heavy atom. The number of sulfonamides is 1. The Morgan fingerprint density at radius 2 is 1.85 bits per heavy atom. The van der Waals surface area contributed by atoms with Gasteiger partial charge in [-0.05, 0) is 43.3 Å². The zero-order chi connectivity index (χ0) is 19.3. The van der Waals surface area contributed by atoms with Crippen molar-refractivity contribution in [1.29, 1.82) is 0 Å². The highest BCUT2D eigenvalue weighted by Gasteiger charge is 2.26. The molecule has 1 saturated carbocycles. The fraction of sp³-hybridized carbons (Fsp3) is 0.556. The summed E-state index contributed by atoms with van der Waals surface area (Å²) in [5.41, 5.74) is 0.526. The quantitative estimate of drug-likeness (QED) is 0.738. The number of anilines is 1. The van der Waals surface area contributed by atoms with E-state index in [0.717, 1.165) is 25.7 Å². The highest BCUT2D eigenvalue weighted by atomic mass is 32.2. The zero-order valence-corrected chi connectivity index (χ0v) is 16.8. The second-order valence-corrected chi connectivity index (χ2v) is 9.17. The lowest BCUT2D eigenvalue weighted by molar-refractivity contribution is -0.124. The topological polar surface area (TPSA) is 87.7 Å². The van der Waals surface area contributed by atoms with Crippen molar-refractivity contribution in [2.24, 2.45) is 5.92 Å². The van der Waals surface area contributed by atoms with Crippen molar-refractivity contribution in [2.75, 3.05) is 31.6 Å². The molecule has 1 heterocycles. The molecule has 148 valence electrons. The monoisotopic (exact) mass is 411 g/mol. The predicted octanol–water partition coefficient (Wildman–Crippen LogP) is 2.10. The summed E-state index contributed by atoms with van der Waals surface area (Å²) in [6.07, 6.45) is 5.10. The molecule has 0 atom stereocenters. The van der Waals surface area contributed by atoms with Gasteiger partial charge in [0.05, 0.1) is 18.1 Å². The third-order valence-electron chi connectivity index (χ3n) is 4.91. The fourth-order valence-electron chi connectivity index (χ4n) is 3.41. The van der Waals surface area contributed by atoms with E-state index in [1.54, 1.807) is 18.2 Å². The molecule has 1 saturated heterocycles. The van der Waals surface area contributed by atoms with Gasteiger partial charge in [0.1, 0.15) is 0 Å². The number of carbonyl (C=O) groups is 1. The summed E-state index contributed by atoms with van der Waals surface area (Å²) in [5.74, 6) is -0.0594. The zero-order valence-electron chi connectivity index (χ0n) is 15.1. The Labute approximate surface area is 165 Å². The minimum Gasteiger partial charge on any atom is -0.379 e. The molecule has 2 fully saturated rings. The van der Waals surface area contributed by atoms with Gasteiger partial charge in [-0.2, -0.15) is 4.31 Å². The van der Waals surface area contributed by atoms with Crippen LogP contribution in [0.2, 0.25) is 0 Å². The van der Waals surface area contributed by atoms with E-state index in [1.165, 1.54) is 16.8 Å². The Morgan fingerprint density at radius 3 is 2.56 bits per heavy atom. The number of nitrogens with one attached hydrogen (secondary N) is 2. The summed E-state index contributed by atoms with van der Waals surface area (Å²) in [6.45, 7) is 1.48. The Bertz CT molecular complexity index is 786. The third-order valence-corrected chi connectivity index (χ3v) is 7.01. The van der Waals surface area contributed by atoms with Gasteiger partial charge in [0.2, 0.25) is 15.9 Å². The van der Waals surface area contributed by atoms with Gasteiger partial charge < -0.3 is 15.4 Å². The molecule has 7 nitrogen and oxygen atoms in total. The summed E-state index contributed by atoms with van der Waals surface area (Å²) < 4.78 is 32.1. The first-order chi connectivity index (χ1) is 13.0. The summed E-state index contributed by atoms with van der Waals surface area (Å²) in [6, 6.07) is 6.46. The Kier molecular flexibility index (Phi) is 6.80.